The van der Waals surface area contributed by atoms with E-state index in [0.717, 1.165) is 11.2 Å². The second-order valence-corrected chi connectivity index (χ2v) is 8.74. The van der Waals surface area contributed by atoms with Gasteiger partial charge in [0.2, 0.25) is 5.95 Å². The number of benzene rings is 1. The van der Waals surface area contributed by atoms with E-state index < -0.39 is 11.5 Å². The normalized spacial score (nSPS) is 13.0. The Morgan fingerprint density at radius 2 is 1.92 bits per heavy atom. The van der Waals surface area contributed by atoms with E-state index in [0.29, 0.717) is 41.1 Å². The van der Waals surface area contributed by atoms with E-state index in [4.69, 9.17) is 4.74 Å². The zero-order valence-corrected chi connectivity index (χ0v) is 21.2. The van der Waals surface area contributed by atoms with Crippen LogP contribution in [0, 0.1) is 0 Å². The number of nitrogens with one attached hydrogen (secondary N) is 1. The Labute approximate surface area is 214 Å². The third kappa shape index (κ3) is 4.15. The molecule has 0 aliphatic rings. The van der Waals surface area contributed by atoms with Crippen LogP contribution in [0.3, 0.4) is 0 Å². The Morgan fingerprint density at radius 3 is 2.54 bits per heavy atom. The zero-order valence-electron chi connectivity index (χ0n) is 21.2. The molecule has 0 saturated heterocycles. The highest BCUT2D eigenvalue weighted by molar-refractivity contribution is 6.05. The number of carbonyl (C=O) groups excluding carboxylic acids is 1. The van der Waals surface area contributed by atoms with Crippen LogP contribution < -0.4 is 10.1 Å². The van der Waals surface area contributed by atoms with Crippen LogP contribution in [0.4, 0.5) is 5.95 Å². The fourth-order valence-electron chi connectivity index (χ4n) is 4.67. The molecule has 0 spiro atoms. The third-order valence-electron chi connectivity index (χ3n) is 6.53. The van der Waals surface area contributed by atoms with E-state index in [2.05, 4.69) is 20.5 Å². The van der Waals surface area contributed by atoms with Gasteiger partial charge in [0.25, 0.3) is 5.91 Å². The maximum atomic E-state index is 13.2. The lowest BCUT2D eigenvalue weighted by atomic mass is 9.83. The molecule has 5 aromatic rings. The molecule has 0 aliphatic heterocycles. The summed E-state index contributed by atoms with van der Waals surface area (Å²) in [5.41, 5.74) is 2.32. The van der Waals surface area contributed by atoms with Gasteiger partial charge in [-0.3, -0.25) is 19.5 Å². The minimum atomic E-state index is -1.51. The summed E-state index contributed by atoms with van der Waals surface area (Å²) in [5.74, 6) is 0.215. The number of carbonyl (C=O) groups is 1. The highest BCUT2D eigenvalue weighted by atomic mass is 16.5. The van der Waals surface area contributed by atoms with Gasteiger partial charge in [-0.05, 0) is 31.0 Å². The molecule has 0 aliphatic carbocycles. The number of hydrogen-bond acceptors (Lipinski definition) is 6. The predicted octanol–water partition coefficient (Wildman–Crippen LogP) is 3.39. The number of amides is 1. The summed E-state index contributed by atoms with van der Waals surface area (Å²) >= 11 is 0. The van der Waals surface area contributed by atoms with Crippen LogP contribution in [0.25, 0.3) is 5.52 Å². The first-order chi connectivity index (χ1) is 17.9. The van der Waals surface area contributed by atoms with Crippen molar-refractivity contribution in [1.82, 2.24) is 28.9 Å². The Kier molecular flexibility index (Phi) is 6.26. The highest BCUT2D eigenvalue weighted by Crippen LogP contribution is 2.40. The number of anilines is 1. The molecule has 0 radical (unpaired) electrons. The second-order valence-electron chi connectivity index (χ2n) is 8.74. The summed E-state index contributed by atoms with van der Waals surface area (Å²) < 4.78 is 10.8. The molecular formula is C27H29N7O3. The molecule has 0 saturated carbocycles. The van der Waals surface area contributed by atoms with Gasteiger partial charge in [0.15, 0.2) is 5.60 Å². The van der Waals surface area contributed by atoms with Gasteiger partial charge < -0.3 is 14.2 Å². The topological polar surface area (TPSA) is 111 Å². The van der Waals surface area contributed by atoms with Crippen LogP contribution in [0.15, 0.2) is 67.3 Å². The lowest BCUT2D eigenvalue weighted by molar-refractivity contribution is 0.102. The van der Waals surface area contributed by atoms with Crippen LogP contribution in [0.2, 0.25) is 0 Å². The molecule has 0 fully saturated rings. The Hall–Kier alpha value is -4.44. The van der Waals surface area contributed by atoms with E-state index in [1.807, 2.05) is 74.0 Å². The SMILES string of the molecule is CCc1c(C(O)(c2ccccc2)c2ccn(C)n2)cc2cc(OC)c(C(=O)Nc3ncn(CC)n3)cn12. The van der Waals surface area contributed by atoms with Crippen LogP contribution in [0.1, 0.15) is 46.7 Å². The maximum Gasteiger partial charge on any atom is 0.263 e. The summed E-state index contributed by atoms with van der Waals surface area (Å²) in [6, 6.07) is 15.0. The van der Waals surface area contributed by atoms with Gasteiger partial charge >= 0.3 is 0 Å². The average molecular weight is 500 g/mol. The monoisotopic (exact) mass is 499 g/mol. The van der Waals surface area contributed by atoms with E-state index in [1.165, 1.54) is 7.11 Å². The first kappa shape index (κ1) is 24.3. The van der Waals surface area contributed by atoms with Crippen LogP contribution in [-0.2, 0) is 25.6 Å². The lowest BCUT2D eigenvalue weighted by Crippen LogP contribution is -2.30. The van der Waals surface area contributed by atoms with Gasteiger partial charge in [-0.2, -0.15) is 5.10 Å². The molecule has 4 heterocycles. The van der Waals surface area contributed by atoms with Crippen molar-refractivity contribution in [2.45, 2.75) is 32.4 Å². The largest absolute Gasteiger partial charge is 0.496 e. The molecule has 2 N–H and O–H groups in total. The predicted molar refractivity (Wildman–Crippen MR) is 139 cm³/mol. The first-order valence-corrected chi connectivity index (χ1v) is 12.1. The summed E-state index contributed by atoms with van der Waals surface area (Å²) in [4.78, 5) is 17.4. The molecule has 5 rings (SSSR count). The van der Waals surface area contributed by atoms with Crippen molar-refractivity contribution in [2.75, 3.05) is 12.4 Å². The van der Waals surface area contributed by atoms with Crippen LogP contribution >= 0.6 is 0 Å². The number of ether oxygens (including phenoxy) is 1. The van der Waals surface area contributed by atoms with E-state index in [9.17, 15) is 9.90 Å². The van der Waals surface area contributed by atoms with Crippen molar-refractivity contribution < 1.29 is 14.6 Å². The highest BCUT2D eigenvalue weighted by Gasteiger charge is 2.39. The smallest absolute Gasteiger partial charge is 0.263 e. The molecule has 1 amide bonds. The molecule has 1 atom stereocenters. The van der Waals surface area contributed by atoms with Gasteiger partial charge in [-0.1, -0.05) is 37.3 Å². The minimum absolute atomic E-state index is 0.214. The molecular weight excluding hydrogens is 470 g/mol. The van der Waals surface area contributed by atoms with Gasteiger partial charge in [0.05, 0.1) is 12.7 Å². The fourth-order valence-corrected chi connectivity index (χ4v) is 4.67. The van der Waals surface area contributed by atoms with E-state index in [1.54, 1.807) is 28.0 Å². The van der Waals surface area contributed by atoms with E-state index in [-0.39, 0.29) is 5.95 Å². The number of fused-ring (bicyclic) bond motifs is 1. The Morgan fingerprint density at radius 1 is 1.14 bits per heavy atom. The number of methoxy groups -OCH3 is 1. The number of aryl methyl sites for hydroxylation is 3. The molecule has 0 bridgehead atoms. The Balaban J connectivity index is 1.67. The minimum Gasteiger partial charge on any atom is -0.496 e. The number of rotatable bonds is 8. The van der Waals surface area contributed by atoms with Crippen molar-refractivity contribution in [1.29, 1.82) is 0 Å². The van der Waals surface area contributed by atoms with Crippen molar-refractivity contribution in [3.8, 4) is 5.75 Å². The standard InChI is InChI=1S/C27H29N7O3/c1-5-22-21(27(36,18-10-8-7-9-11-18)24-12-13-32(3)30-24)14-19-15-23(37-4)20(16-34(19)22)25(35)29-26-28-17-33(6-2)31-26/h7-17,36H,5-6H2,1-4H3,(H,29,31,35). The number of nitrogens with zero attached hydrogens (tertiary/aromatic N) is 6. The zero-order chi connectivity index (χ0) is 26.2. The summed E-state index contributed by atoms with van der Waals surface area (Å²) in [6.07, 6.45) is 5.70. The summed E-state index contributed by atoms with van der Waals surface area (Å²) in [6.45, 7) is 4.60. The molecule has 4 aromatic heterocycles. The molecule has 10 heteroatoms. The summed E-state index contributed by atoms with van der Waals surface area (Å²) in [7, 11) is 3.34. The average Bonchev–Trinajstić information content (AvgIpc) is 3.66. The first-order valence-electron chi connectivity index (χ1n) is 12.1. The van der Waals surface area contributed by atoms with Crippen molar-refractivity contribution in [2.24, 2.45) is 7.05 Å². The molecule has 37 heavy (non-hydrogen) atoms. The second kappa shape index (κ2) is 9.55. The molecule has 10 nitrogen and oxygen atoms in total. The number of pyridine rings is 1. The molecule has 190 valence electrons. The van der Waals surface area contributed by atoms with Gasteiger partial charge in [0.1, 0.15) is 17.8 Å². The van der Waals surface area contributed by atoms with Crippen LogP contribution in [0.5, 0.6) is 5.75 Å². The number of aromatic nitrogens is 6. The molecule has 1 aromatic carbocycles. The van der Waals surface area contributed by atoms with Crippen molar-refractivity contribution in [3.05, 3.63) is 95.3 Å². The fraction of sp³-hybridized carbons (Fsp3) is 0.259. The number of aliphatic hydroxyl groups is 1. The van der Waals surface area contributed by atoms with Gasteiger partial charge in [-0.25, -0.2) is 4.98 Å². The van der Waals surface area contributed by atoms with Gasteiger partial charge in [-0.15, -0.1) is 5.10 Å². The van der Waals surface area contributed by atoms with Gasteiger partial charge in [0, 0.05) is 48.8 Å². The molecule has 1 unspecified atom stereocenters. The lowest BCUT2D eigenvalue weighted by Gasteiger charge is -2.28. The Bertz CT molecular complexity index is 1570. The number of hydrogen-bond donors (Lipinski definition) is 2. The maximum absolute atomic E-state index is 13.2. The third-order valence-corrected chi connectivity index (χ3v) is 6.53. The quantitative estimate of drug-likeness (QED) is 0.339. The van der Waals surface area contributed by atoms with Crippen molar-refractivity contribution in [3.63, 3.8) is 0 Å². The van der Waals surface area contributed by atoms with Crippen LogP contribution in [-0.4, -0.2) is 47.1 Å². The van der Waals surface area contributed by atoms with E-state index >= 15 is 0 Å². The summed E-state index contributed by atoms with van der Waals surface area (Å²) in [5, 5.41) is 23.9. The van der Waals surface area contributed by atoms with Crippen molar-refractivity contribution >= 4 is 17.4 Å².